The van der Waals surface area contributed by atoms with Gasteiger partial charge in [0.2, 0.25) is 11.7 Å². The lowest BCUT2D eigenvalue weighted by molar-refractivity contribution is -0.172. The summed E-state index contributed by atoms with van der Waals surface area (Å²) >= 11 is 0.801. The van der Waals surface area contributed by atoms with Crippen LogP contribution in [0.4, 0.5) is 13.2 Å². The van der Waals surface area contributed by atoms with E-state index in [1.165, 1.54) is 56.9 Å². The average molecular weight is 636 g/mol. The minimum absolute atomic E-state index is 0.0441. The number of thiazole rings is 1. The van der Waals surface area contributed by atoms with E-state index in [0.717, 1.165) is 29.0 Å². The van der Waals surface area contributed by atoms with Crippen molar-refractivity contribution in [1.82, 2.24) is 24.8 Å². The van der Waals surface area contributed by atoms with E-state index < -0.39 is 23.6 Å². The Morgan fingerprint density at radius 2 is 1.61 bits per heavy atom. The molecular weight excluding hydrogens is 595 g/mol. The molecule has 240 valence electrons. The Morgan fingerprint density at radius 1 is 0.977 bits per heavy atom. The standard InChI is InChI=1S/C23H23F3N4O4S.C8H17N/c1-13(2)30-7-4-22(33,5-8-30)34-19-16(9-14(10-28-19)21(31)32)17-11-27-6-3-15(17)20-29-18(12-35-20)23(24,25)26;1-8(2)9-6-4-3-5-7-9/h3,6,9-13,33H,4-5,7-8H2,1-2H3,(H,31,32);8H,3-7H2,1-2H3. The van der Waals surface area contributed by atoms with Gasteiger partial charge >= 0.3 is 12.1 Å². The van der Waals surface area contributed by atoms with Crippen molar-refractivity contribution in [3.05, 3.63) is 47.4 Å². The molecule has 0 saturated carbocycles. The first-order chi connectivity index (χ1) is 20.8. The largest absolute Gasteiger partial charge is 0.478 e. The van der Waals surface area contributed by atoms with E-state index in [4.69, 9.17) is 4.74 Å². The third-order valence-corrected chi connectivity index (χ3v) is 8.83. The molecule has 2 saturated heterocycles. The molecule has 3 aromatic heterocycles. The van der Waals surface area contributed by atoms with Crippen LogP contribution in [0, 0.1) is 0 Å². The van der Waals surface area contributed by atoms with Gasteiger partial charge in [-0.15, -0.1) is 11.3 Å². The minimum Gasteiger partial charge on any atom is -0.478 e. The van der Waals surface area contributed by atoms with E-state index in [-0.39, 0.29) is 27.6 Å². The summed E-state index contributed by atoms with van der Waals surface area (Å²) in [5.74, 6) is -2.82. The quantitative estimate of drug-likeness (QED) is 0.284. The molecule has 0 aromatic carbocycles. The van der Waals surface area contributed by atoms with Crippen LogP contribution in [-0.4, -0.2) is 85.0 Å². The van der Waals surface area contributed by atoms with Crippen molar-refractivity contribution in [2.45, 2.75) is 83.8 Å². The van der Waals surface area contributed by atoms with E-state index in [1.807, 2.05) is 0 Å². The predicted octanol–water partition coefficient (Wildman–Crippen LogP) is 6.44. The Balaban J connectivity index is 0.000000421. The van der Waals surface area contributed by atoms with Gasteiger partial charge in [-0.2, -0.15) is 13.2 Å². The third-order valence-electron chi connectivity index (χ3n) is 7.95. The molecule has 3 aromatic rings. The molecule has 5 rings (SSSR count). The molecule has 2 N–H and O–H groups in total. The number of aromatic carboxylic acids is 1. The van der Waals surface area contributed by atoms with Gasteiger partial charge in [0.1, 0.15) is 5.01 Å². The first-order valence-electron chi connectivity index (χ1n) is 14.9. The zero-order valence-corrected chi connectivity index (χ0v) is 26.3. The van der Waals surface area contributed by atoms with Crippen LogP contribution in [0.25, 0.3) is 21.7 Å². The zero-order valence-electron chi connectivity index (χ0n) is 25.5. The van der Waals surface area contributed by atoms with Crippen molar-refractivity contribution in [1.29, 1.82) is 0 Å². The van der Waals surface area contributed by atoms with Gasteiger partial charge in [-0.3, -0.25) is 4.98 Å². The van der Waals surface area contributed by atoms with E-state index >= 15 is 0 Å². The second-order valence-electron chi connectivity index (χ2n) is 11.7. The monoisotopic (exact) mass is 635 g/mol. The molecule has 0 bridgehead atoms. The number of carboxylic acid groups (broad SMARTS) is 1. The van der Waals surface area contributed by atoms with Gasteiger partial charge in [0.25, 0.3) is 0 Å². The molecule has 0 unspecified atom stereocenters. The topological polar surface area (TPSA) is 112 Å². The number of alkyl halides is 3. The third kappa shape index (κ3) is 8.52. The summed E-state index contributed by atoms with van der Waals surface area (Å²) < 4.78 is 45.3. The number of likely N-dealkylation sites (tertiary alicyclic amines) is 2. The number of rotatable bonds is 7. The van der Waals surface area contributed by atoms with E-state index in [0.29, 0.717) is 37.5 Å². The van der Waals surface area contributed by atoms with Crippen molar-refractivity contribution < 1.29 is 32.9 Å². The minimum atomic E-state index is -4.60. The summed E-state index contributed by atoms with van der Waals surface area (Å²) in [4.78, 5) is 28.3. The fourth-order valence-corrected chi connectivity index (χ4v) is 6.14. The summed E-state index contributed by atoms with van der Waals surface area (Å²) in [6.07, 6.45) is 4.16. The number of carbonyl (C=O) groups is 1. The summed E-state index contributed by atoms with van der Waals surface area (Å²) in [7, 11) is 0. The second-order valence-corrected chi connectivity index (χ2v) is 12.6. The van der Waals surface area contributed by atoms with Crippen molar-refractivity contribution in [3.63, 3.8) is 0 Å². The maximum atomic E-state index is 13.1. The number of ether oxygens (including phenoxy) is 1. The van der Waals surface area contributed by atoms with E-state index in [1.54, 1.807) is 0 Å². The van der Waals surface area contributed by atoms with Crippen LogP contribution in [0.2, 0.25) is 0 Å². The van der Waals surface area contributed by atoms with Crippen molar-refractivity contribution in [2.75, 3.05) is 26.2 Å². The molecule has 0 aliphatic carbocycles. The van der Waals surface area contributed by atoms with Gasteiger partial charge in [0, 0.05) is 78.7 Å². The summed E-state index contributed by atoms with van der Waals surface area (Å²) in [6.45, 7) is 12.5. The molecule has 2 aliphatic rings. The van der Waals surface area contributed by atoms with Crippen LogP contribution in [0.3, 0.4) is 0 Å². The van der Waals surface area contributed by atoms with Crippen molar-refractivity contribution >= 4 is 17.3 Å². The Hall–Kier alpha value is -3.13. The van der Waals surface area contributed by atoms with Gasteiger partial charge in [-0.05, 0) is 65.8 Å². The molecular formula is C31H40F3N5O4S. The van der Waals surface area contributed by atoms with Crippen molar-refractivity contribution in [3.8, 4) is 27.6 Å². The van der Waals surface area contributed by atoms with E-state index in [9.17, 15) is 28.2 Å². The summed E-state index contributed by atoms with van der Waals surface area (Å²) in [5, 5.41) is 21.6. The zero-order chi connectivity index (χ0) is 32.1. The maximum Gasteiger partial charge on any atom is 0.434 e. The van der Waals surface area contributed by atoms with Crippen LogP contribution in [0.1, 0.15) is 75.9 Å². The summed E-state index contributed by atoms with van der Waals surface area (Å²) in [5.41, 5.74) is -0.420. The lowest BCUT2D eigenvalue weighted by Gasteiger charge is -2.39. The Labute approximate surface area is 259 Å². The van der Waals surface area contributed by atoms with Gasteiger partial charge in [0.15, 0.2) is 5.69 Å². The van der Waals surface area contributed by atoms with Crippen LogP contribution < -0.4 is 4.74 Å². The summed E-state index contributed by atoms with van der Waals surface area (Å²) in [6, 6.07) is 3.86. The van der Waals surface area contributed by atoms with Crippen LogP contribution >= 0.6 is 11.3 Å². The Kier molecular flexibility index (Phi) is 11.0. The fourth-order valence-electron chi connectivity index (χ4n) is 5.27. The lowest BCUT2D eigenvalue weighted by atomic mass is 10.0. The number of nitrogens with zero attached hydrogens (tertiary/aromatic N) is 5. The molecule has 13 heteroatoms. The molecule has 0 amide bonds. The molecule has 2 fully saturated rings. The van der Waals surface area contributed by atoms with Crippen molar-refractivity contribution in [2.24, 2.45) is 0 Å². The van der Waals surface area contributed by atoms with Crippen LogP contribution in [0.15, 0.2) is 36.1 Å². The van der Waals surface area contributed by atoms with E-state index in [2.05, 4.69) is 52.4 Å². The Bertz CT molecular complexity index is 1400. The second kappa shape index (κ2) is 14.3. The highest BCUT2D eigenvalue weighted by molar-refractivity contribution is 7.13. The number of pyridine rings is 2. The normalized spacial score (nSPS) is 17.8. The highest BCUT2D eigenvalue weighted by Gasteiger charge is 2.37. The SMILES string of the molecule is CC(C)N1CCC(O)(Oc2ncc(C(=O)O)cc2-c2cnccc2-c2nc(C(F)(F)F)cs2)CC1.CC(C)N1CCCCC1. The Morgan fingerprint density at radius 3 is 2.16 bits per heavy atom. The highest BCUT2D eigenvalue weighted by atomic mass is 32.1. The molecule has 9 nitrogen and oxygen atoms in total. The number of hydrogen-bond acceptors (Lipinski definition) is 9. The highest BCUT2D eigenvalue weighted by Crippen LogP contribution is 2.41. The molecule has 44 heavy (non-hydrogen) atoms. The first kappa shape index (κ1) is 33.8. The molecule has 5 heterocycles. The number of aliphatic hydroxyl groups is 1. The van der Waals surface area contributed by atoms with Gasteiger partial charge < -0.3 is 24.7 Å². The van der Waals surface area contributed by atoms with Crippen LogP contribution in [-0.2, 0) is 6.18 Å². The lowest BCUT2D eigenvalue weighted by Crippen LogP contribution is -2.50. The van der Waals surface area contributed by atoms with Gasteiger partial charge in [0.05, 0.1) is 5.56 Å². The average Bonchev–Trinajstić information content (AvgIpc) is 3.49. The molecule has 0 spiro atoms. The molecule has 0 atom stereocenters. The number of piperidine rings is 2. The maximum absolute atomic E-state index is 13.1. The number of aromatic nitrogens is 3. The first-order valence-corrected chi connectivity index (χ1v) is 15.8. The number of hydrogen-bond donors (Lipinski definition) is 2. The predicted molar refractivity (Wildman–Crippen MR) is 163 cm³/mol. The fraction of sp³-hybridized carbons (Fsp3) is 0.548. The van der Waals surface area contributed by atoms with Gasteiger partial charge in [-0.25, -0.2) is 14.8 Å². The molecule has 0 radical (unpaired) electrons. The number of carboxylic acids is 1. The number of halogens is 3. The van der Waals surface area contributed by atoms with Gasteiger partial charge in [-0.1, -0.05) is 6.42 Å². The molecule has 2 aliphatic heterocycles. The van der Waals surface area contributed by atoms with Crippen LogP contribution in [0.5, 0.6) is 5.88 Å². The smallest absolute Gasteiger partial charge is 0.434 e.